The molecule has 4 rings (SSSR count). The number of piperidine rings is 2. The maximum Gasteiger partial charge on any atom is 0.228 e. The van der Waals surface area contributed by atoms with Crippen molar-refractivity contribution in [3.05, 3.63) is 59.7 Å². The second kappa shape index (κ2) is 15.6. The Morgan fingerprint density at radius 3 is 2.21 bits per heavy atom. The molecule has 0 saturated carbocycles. The summed E-state index contributed by atoms with van der Waals surface area (Å²) in [4.78, 5) is 32.7. The van der Waals surface area contributed by atoms with Gasteiger partial charge in [0, 0.05) is 61.8 Å². The van der Waals surface area contributed by atoms with Crippen LogP contribution in [0.5, 0.6) is 0 Å². The van der Waals surface area contributed by atoms with Gasteiger partial charge in [-0.25, -0.2) is 0 Å². The SMILES string of the molecule is O=C(Cc1cccc(NC(=O)Cc2ccc(N(CCCl)CCCl)cc2)c1)CN1CCC(N2CCCCC2)CC1. The molecule has 0 aliphatic carbocycles. The Kier molecular flexibility index (Phi) is 11.9. The van der Waals surface area contributed by atoms with Gasteiger partial charge in [0.15, 0.2) is 5.78 Å². The second-order valence-electron chi connectivity index (χ2n) is 10.8. The number of nitrogens with zero attached hydrogens (tertiary/aromatic N) is 3. The standard InChI is InChI=1S/C31H42Cl2N4O2/c32-13-19-37(20-14-33)28-9-7-25(8-10-28)23-31(39)34-27-6-4-5-26(21-27)22-30(38)24-35-17-11-29(12-18-35)36-15-2-1-3-16-36/h4-10,21,29H,1-3,11-20,22-24H2,(H,34,39). The Morgan fingerprint density at radius 2 is 1.54 bits per heavy atom. The molecule has 1 N–H and O–H groups in total. The van der Waals surface area contributed by atoms with E-state index in [1.165, 1.54) is 32.4 Å². The van der Waals surface area contributed by atoms with Gasteiger partial charge in [-0.1, -0.05) is 30.7 Å². The predicted octanol–water partition coefficient (Wildman–Crippen LogP) is 5.21. The number of anilines is 2. The van der Waals surface area contributed by atoms with Crippen molar-refractivity contribution < 1.29 is 9.59 Å². The first-order valence-corrected chi connectivity index (χ1v) is 15.4. The summed E-state index contributed by atoms with van der Waals surface area (Å²) >= 11 is 11.8. The zero-order chi connectivity index (χ0) is 27.5. The van der Waals surface area contributed by atoms with E-state index in [2.05, 4.69) is 20.0 Å². The lowest BCUT2D eigenvalue weighted by Gasteiger charge is -2.40. The number of nitrogens with one attached hydrogen (secondary N) is 1. The van der Waals surface area contributed by atoms with Crippen LogP contribution >= 0.6 is 23.2 Å². The molecular weight excluding hydrogens is 531 g/mol. The lowest BCUT2D eigenvalue weighted by Crippen LogP contribution is -2.47. The minimum atomic E-state index is -0.0822. The van der Waals surface area contributed by atoms with Crippen molar-refractivity contribution in [1.29, 1.82) is 0 Å². The lowest BCUT2D eigenvalue weighted by atomic mass is 9.99. The molecule has 39 heavy (non-hydrogen) atoms. The van der Waals surface area contributed by atoms with Crippen molar-refractivity contribution in [2.75, 3.05) is 67.8 Å². The average molecular weight is 574 g/mol. The third kappa shape index (κ3) is 9.49. The molecule has 1 amide bonds. The monoisotopic (exact) mass is 572 g/mol. The van der Waals surface area contributed by atoms with E-state index >= 15 is 0 Å². The smallest absolute Gasteiger partial charge is 0.228 e. The highest BCUT2D eigenvalue weighted by Gasteiger charge is 2.26. The van der Waals surface area contributed by atoms with Crippen molar-refractivity contribution >= 4 is 46.3 Å². The maximum absolute atomic E-state index is 12.8. The second-order valence-corrected chi connectivity index (χ2v) is 11.5. The van der Waals surface area contributed by atoms with E-state index in [4.69, 9.17) is 23.2 Å². The molecule has 2 aliphatic rings. The fourth-order valence-corrected chi connectivity index (χ4v) is 6.22. The summed E-state index contributed by atoms with van der Waals surface area (Å²) in [5.74, 6) is 1.21. The van der Waals surface area contributed by atoms with Gasteiger partial charge in [0.2, 0.25) is 5.91 Å². The molecule has 8 heteroatoms. The van der Waals surface area contributed by atoms with E-state index < -0.39 is 0 Å². The van der Waals surface area contributed by atoms with Crippen molar-refractivity contribution in [2.24, 2.45) is 0 Å². The molecule has 2 aromatic rings. The third-order valence-corrected chi connectivity index (χ3v) is 8.19. The Hall–Kier alpha value is -2.12. The van der Waals surface area contributed by atoms with Crippen LogP contribution in [-0.4, -0.2) is 85.1 Å². The molecule has 0 atom stereocenters. The van der Waals surface area contributed by atoms with Crippen LogP contribution < -0.4 is 10.2 Å². The Labute approximate surface area is 243 Å². The Balaban J connectivity index is 1.22. The van der Waals surface area contributed by atoms with Gasteiger partial charge in [0.1, 0.15) is 0 Å². The molecule has 0 spiro atoms. The van der Waals surface area contributed by atoms with Gasteiger partial charge < -0.3 is 15.1 Å². The normalized spacial score (nSPS) is 17.2. The van der Waals surface area contributed by atoms with Crippen LogP contribution in [0, 0.1) is 0 Å². The number of hydrogen-bond acceptors (Lipinski definition) is 5. The summed E-state index contributed by atoms with van der Waals surface area (Å²) in [6, 6.07) is 16.3. The molecule has 2 heterocycles. The summed E-state index contributed by atoms with van der Waals surface area (Å²) in [7, 11) is 0. The molecule has 212 valence electrons. The summed E-state index contributed by atoms with van der Waals surface area (Å²) in [5, 5.41) is 2.99. The fourth-order valence-electron chi connectivity index (χ4n) is 5.81. The predicted molar refractivity (Wildman–Crippen MR) is 162 cm³/mol. The van der Waals surface area contributed by atoms with Crippen LogP contribution in [0.25, 0.3) is 0 Å². The van der Waals surface area contributed by atoms with Crippen molar-refractivity contribution in [1.82, 2.24) is 9.80 Å². The number of halogens is 2. The van der Waals surface area contributed by atoms with Crippen molar-refractivity contribution in [2.45, 2.75) is 51.0 Å². The number of hydrogen-bond donors (Lipinski definition) is 1. The summed E-state index contributed by atoms with van der Waals surface area (Å²) in [6.07, 6.45) is 7.02. The number of alkyl halides is 2. The molecule has 2 saturated heterocycles. The first-order valence-electron chi connectivity index (χ1n) is 14.4. The van der Waals surface area contributed by atoms with Crippen LogP contribution in [-0.2, 0) is 22.4 Å². The van der Waals surface area contributed by atoms with E-state index in [1.807, 2.05) is 48.5 Å². The zero-order valence-corrected chi connectivity index (χ0v) is 24.4. The molecular formula is C31H42Cl2N4O2. The van der Waals surface area contributed by atoms with Crippen LogP contribution in [0.1, 0.15) is 43.2 Å². The minimum absolute atomic E-state index is 0.0822. The lowest BCUT2D eigenvalue weighted by molar-refractivity contribution is -0.120. The molecule has 0 aromatic heterocycles. The minimum Gasteiger partial charge on any atom is -0.369 e. The number of rotatable bonds is 13. The number of Topliss-reactive ketones (excluding diaryl/α,β-unsaturated/α-hetero) is 1. The highest BCUT2D eigenvalue weighted by atomic mass is 35.5. The van der Waals surface area contributed by atoms with Crippen LogP contribution in [0.15, 0.2) is 48.5 Å². The largest absolute Gasteiger partial charge is 0.369 e. The number of carbonyl (C=O) groups is 2. The summed E-state index contributed by atoms with van der Waals surface area (Å²) < 4.78 is 0. The van der Waals surface area contributed by atoms with Gasteiger partial charge in [-0.3, -0.25) is 14.5 Å². The van der Waals surface area contributed by atoms with Gasteiger partial charge in [-0.05, 0) is 74.2 Å². The third-order valence-electron chi connectivity index (χ3n) is 7.85. The molecule has 0 bridgehead atoms. The molecule has 0 radical (unpaired) electrons. The fraction of sp³-hybridized carbons (Fsp3) is 0.548. The van der Waals surface area contributed by atoms with E-state index in [-0.39, 0.29) is 18.1 Å². The Morgan fingerprint density at radius 1 is 0.846 bits per heavy atom. The van der Waals surface area contributed by atoms with Gasteiger partial charge >= 0.3 is 0 Å². The Bertz CT molecular complexity index is 1040. The topological polar surface area (TPSA) is 55.9 Å². The molecule has 0 unspecified atom stereocenters. The maximum atomic E-state index is 12.8. The molecule has 6 nitrogen and oxygen atoms in total. The quantitative estimate of drug-likeness (QED) is 0.334. The van der Waals surface area contributed by atoms with E-state index in [0.29, 0.717) is 30.8 Å². The van der Waals surface area contributed by atoms with Crippen LogP contribution in [0.4, 0.5) is 11.4 Å². The van der Waals surface area contributed by atoms with Gasteiger partial charge in [0.05, 0.1) is 13.0 Å². The number of carbonyl (C=O) groups excluding carboxylic acids is 2. The highest BCUT2D eigenvalue weighted by molar-refractivity contribution is 6.18. The molecule has 2 aliphatic heterocycles. The van der Waals surface area contributed by atoms with Crippen LogP contribution in [0.2, 0.25) is 0 Å². The molecule has 2 aromatic carbocycles. The van der Waals surface area contributed by atoms with E-state index in [0.717, 1.165) is 61.5 Å². The van der Waals surface area contributed by atoms with Crippen LogP contribution in [0.3, 0.4) is 0 Å². The summed E-state index contributed by atoms with van der Waals surface area (Å²) in [6.45, 7) is 6.45. The zero-order valence-electron chi connectivity index (χ0n) is 22.9. The average Bonchev–Trinajstić information content (AvgIpc) is 2.94. The number of likely N-dealkylation sites (tertiary alicyclic amines) is 2. The van der Waals surface area contributed by atoms with Gasteiger partial charge in [-0.15, -0.1) is 23.2 Å². The van der Waals surface area contributed by atoms with Crippen molar-refractivity contribution in [3.8, 4) is 0 Å². The highest BCUT2D eigenvalue weighted by Crippen LogP contribution is 2.21. The first kappa shape index (κ1) is 29.9. The van der Waals surface area contributed by atoms with Gasteiger partial charge in [0.25, 0.3) is 0 Å². The van der Waals surface area contributed by atoms with E-state index in [1.54, 1.807) is 0 Å². The number of benzene rings is 2. The number of amides is 1. The first-order chi connectivity index (χ1) is 19.0. The van der Waals surface area contributed by atoms with Gasteiger partial charge in [-0.2, -0.15) is 0 Å². The number of ketones is 1. The van der Waals surface area contributed by atoms with Crippen molar-refractivity contribution in [3.63, 3.8) is 0 Å². The summed E-state index contributed by atoms with van der Waals surface area (Å²) in [5.41, 5.74) is 3.64. The van der Waals surface area contributed by atoms with E-state index in [9.17, 15) is 9.59 Å². The molecule has 2 fully saturated rings.